The summed E-state index contributed by atoms with van der Waals surface area (Å²) in [6.45, 7) is 6.84. The van der Waals surface area contributed by atoms with Gasteiger partial charge in [-0.15, -0.1) is 0 Å². The van der Waals surface area contributed by atoms with Crippen molar-refractivity contribution in [3.05, 3.63) is 23.5 Å². The minimum absolute atomic E-state index is 0.140. The number of ether oxygens (including phenoxy) is 1. The molecule has 0 aliphatic carbocycles. The summed E-state index contributed by atoms with van der Waals surface area (Å²) in [5.74, 6) is -1.20. The van der Waals surface area contributed by atoms with Crippen molar-refractivity contribution in [2.75, 3.05) is 6.54 Å². The van der Waals surface area contributed by atoms with Crippen molar-refractivity contribution in [2.45, 2.75) is 39.5 Å². The molecular formula is C13H17N2O4-. The zero-order chi connectivity index (χ0) is 14.2. The fraction of sp³-hybridized carbons (Fsp3) is 0.538. The summed E-state index contributed by atoms with van der Waals surface area (Å²) in [5, 5.41) is 10.8. The highest BCUT2D eigenvalue weighted by atomic mass is 16.6. The van der Waals surface area contributed by atoms with E-state index in [4.69, 9.17) is 4.74 Å². The molecule has 0 aromatic carbocycles. The minimum atomic E-state index is -1.20. The lowest BCUT2D eigenvalue weighted by Crippen LogP contribution is -2.41. The molecule has 0 unspecified atom stereocenters. The van der Waals surface area contributed by atoms with Gasteiger partial charge in [-0.05, 0) is 26.8 Å². The second kappa shape index (κ2) is 4.60. The van der Waals surface area contributed by atoms with E-state index >= 15 is 0 Å². The van der Waals surface area contributed by atoms with E-state index in [1.807, 2.05) is 25.3 Å². The lowest BCUT2D eigenvalue weighted by molar-refractivity contribution is -0.255. The number of carboxylic acids is 1. The van der Waals surface area contributed by atoms with E-state index in [0.29, 0.717) is 19.6 Å². The third kappa shape index (κ3) is 3.07. The van der Waals surface area contributed by atoms with Crippen molar-refractivity contribution in [1.29, 1.82) is 0 Å². The van der Waals surface area contributed by atoms with Crippen LogP contribution in [0.5, 0.6) is 0 Å². The van der Waals surface area contributed by atoms with Gasteiger partial charge in [0.2, 0.25) is 0 Å². The first-order valence-corrected chi connectivity index (χ1v) is 6.14. The number of hydrogen-bond acceptors (Lipinski definition) is 4. The summed E-state index contributed by atoms with van der Waals surface area (Å²) in [5.41, 5.74) is 0.379. The van der Waals surface area contributed by atoms with E-state index in [2.05, 4.69) is 0 Å². The molecule has 6 heteroatoms. The van der Waals surface area contributed by atoms with Crippen LogP contribution in [0.4, 0.5) is 4.79 Å². The maximum Gasteiger partial charge on any atom is 0.410 e. The molecule has 2 rings (SSSR count). The van der Waals surface area contributed by atoms with Crippen molar-refractivity contribution in [3.8, 4) is 0 Å². The van der Waals surface area contributed by atoms with Crippen molar-refractivity contribution in [1.82, 2.24) is 9.47 Å². The number of aromatic nitrogens is 1. The number of fused-ring (bicyclic) bond motifs is 1. The largest absolute Gasteiger partial charge is 0.545 e. The normalized spacial score (nSPS) is 15.0. The van der Waals surface area contributed by atoms with Crippen LogP contribution in [-0.4, -0.2) is 33.7 Å². The average molecular weight is 265 g/mol. The van der Waals surface area contributed by atoms with Crippen molar-refractivity contribution in [2.24, 2.45) is 0 Å². The van der Waals surface area contributed by atoms with Gasteiger partial charge in [0.25, 0.3) is 0 Å². The molecule has 104 valence electrons. The van der Waals surface area contributed by atoms with Crippen LogP contribution in [-0.2, 0) is 17.8 Å². The van der Waals surface area contributed by atoms with E-state index in [-0.39, 0.29) is 11.7 Å². The first-order valence-electron chi connectivity index (χ1n) is 6.14. The van der Waals surface area contributed by atoms with Crippen LogP contribution in [0.25, 0.3) is 0 Å². The van der Waals surface area contributed by atoms with Crippen molar-refractivity contribution in [3.63, 3.8) is 0 Å². The second-order valence-corrected chi connectivity index (χ2v) is 5.60. The smallest absolute Gasteiger partial charge is 0.410 e. The number of carbonyl (C=O) groups excluding carboxylic acids is 2. The lowest BCUT2D eigenvalue weighted by atomic mass is 10.2. The molecule has 0 saturated carbocycles. The number of carbonyl (C=O) groups is 2. The molecule has 1 aromatic rings. The Kier molecular flexibility index (Phi) is 3.26. The Hall–Kier alpha value is -1.98. The van der Waals surface area contributed by atoms with E-state index in [0.717, 1.165) is 5.69 Å². The highest BCUT2D eigenvalue weighted by Crippen LogP contribution is 2.18. The molecular weight excluding hydrogens is 248 g/mol. The number of nitrogens with zero attached hydrogens (tertiary/aromatic N) is 2. The highest BCUT2D eigenvalue weighted by molar-refractivity contribution is 5.85. The molecule has 0 atom stereocenters. The molecule has 1 aromatic heterocycles. The standard InChI is InChI=1S/C13H18N2O4/c1-13(2,3)19-12(18)15-5-4-14-7-9(11(16)17)6-10(14)8-15/h6-7H,4-5,8H2,1-3H3,(H,16,17)/p-1. The van der Waals surface area contributed by atoms with E-state index < -0.39 is 11.6 Å². The molecule has 2 heterocycles. The number of amides is 1. The summed E-state index contributed by atoms with van der Waals surface area (Å²) in [6, 6.07) is 1.53. The average Bonchev–Trinajstić information content (AvgIpc) is 2.69. The molecule has 1 aliphatic rings. The third-order valence-corrected chi connectivity index (χ3v) is 2.84. The summed E-state index contributed by atoms with van der Waals surface area (Å²) < 4.78 is 7.12. The van der Waals surface area contributed by atoms with Gasteiger partial charge in [0.05, 0.1) is 12.5 Å². The molecule has 0 fully saturated rings. The Balaban J connectivity index is 2.09. The van der Waals surface area contributed by atoms with E-state index in [1.165, 1.54) is 12.3 Å². The van der Waals surface area contributed by atoms with Gasteiger partial charge in [-0.1, -0.05) is 0 Å². The SMILES string of the molecule is CC(C)(C)OC(=O)N1CCn2cc(C(=O)[O-])cc2C1. The van der Waals surface area contributed by atoms with Crippen LogP contribution in [0.2, 0.25) is 0 Å². The Morgan fingerprint density at radius 3 is 2.58 bits per heavy atom. The van der Waals surface area contributed by atoms with Crippen LogP contribution in [0.15, 0.2) is 12.3 Å². The quantitative estimate of drug-likeness (QED) is 0.745. The summed E-state index contributed by atoms with van der Waals surface area (Å²) >= 11 is 0. The second-order valence-electron chi connectivity index (χ2n) is 5.60. The molecule has 6 nitrogen and oxygen atoms in total. The van der Waals surface area contributed by atoms with E-state index in [9.17, 15) is 14.7 Å². The number of aromatic carboxylic acids is 1. The van der Waals surface area contributed by atoms with Gasteiger partial charge >= 0.3 is 6.09 Å². The maximum atomic E-state index is 11.9. The zero-order valence-electron chi connectivity index (χ0n) is 11.3. The zero-order valence-corrected chi connectivity index (χ0v) is 11.3. The van der Waals surface area contributed by atoms with Crippen molar-refractivity contribution < 1.29 is 19.4 Å². The lowest BCUT2D eigenvalue weighted by Gasteiger charge is -2.30. The minimum Gasteiger partial charge on any atom is -0.545 e. The fourth-order valence-electron chi connectivity index (χ4n) is 1.99. The molecule has 0 spiro atoms. The van der Waals surface area contributed by atoms with Gasteiger partial charge in [-0.3, -0.25) is 0 Å². The molecule has 0 saturated heterocycles. The predicted molar refractivity (Wildman–Crippen MR) is 65.4 cm³/mol. The third-order valence-electron chi connectivity index (χ3n) is 2.84. The molecule has 0 radical (unpaired) electrons. The van der Waals surface area contributed by atoms with Gasteiger partial charge in [0.15, 0.2) is 0 Å². The summed E-state index contributed by atoms with van der Waals surface area (Å²) in [7, 11) is 0. The first-order chi connectivity index (χ1) is 8.76. The number of rotatable bonds is 1. The summed E-state index contributed by atoms with van der Waals surface area (Å²) in [6.07, 6.45) is 1.16. The predicted octanol–water partition coefficient (Wildman–Crippen LogP) is 0.602. The molecule has 1 aliphatic heterocycles. The van der Waals surface area contributed by atoms with Gasteiger partial charge in [-0.2, -0.15) is 0 Å². The van der Waals surface area contributed by atoms with Gasteiger partial charge < -0.3 is 24.1 Å². The van der Waals surface area contributed by atoms with Gasteiger partial charge in [-0.25, -0.2) is 4.79 Å². The fourth-order valence-corrected chi connectivity index (χ4v) is 1.99. The number of carboxylic acid groups (broad SMARTS) is 1. The molecule has 1 amide bonds. The monoisotopic (exact) mass is 265 g/mol. The maximum absolute atomic E-state index is 11.9. The Labute approximate surface area is 111 Å². The van der Waals surface area contributed by atoms with Crippen LogP contribution in [0.3, 0.4) is 0 Å². The van der Waals surface area contributed by atoms with Gasteiger partial charge in [0, 0.05) is 30.5 Å². The van der Waals surface area contributed by atoms with Crippen molar-refractivity contribution >= 4 is 12.1 Å². The topological polar surface area (TPSA) is 74.6 Å². The Morgan fingerprint density at radius 1 is 1.32 bits per heavy atom. The molecule has 0 bridgehead atoms. The molecule has 19 heavy (non-hydrogen) atoms. The first kappa shape index (κ1) is 13.5. The Morgan fingerprint density at radius 2 is 2.00 bits per heavy atom. The van der Waals surface area contributed by atoms with Gasteiger partial charge in [0.1, 0.15) is 5.60 Å². The van der Waals surface area contributed by atoms with Crippen LogP contribution in [0, 0.1) is 0 Å². The summed E-state index contributed by atoms with van der Waals surface area (Å²) in [4.78, 5) is 24.3. The van der Waals surface area contributed by atoms with Crippen LogP contribution in [0.1, 0.15) is 36.8 Å². The van der Waals surface area contributed by atoms with Crippen LogP contribution >= 0.6 is 0 Å². The molecule has 0 N–H and O–H groups in total. The van der Waals surface area contributed by atoms with E-state index in [1.54, 1.807) is 4.90 Å². The number of hydrogen-bond donors (Lipinski definition) is 0. The highest BCUT2D eigenvalue weighted by Gasteiger charge is 2.26. The van der Waals surface area contributed by atoms with Crippen LogP contribution < -0.4 is 5.11 Å². The Bertz CT molecular complexity index is 513.